The molecule has 68 valence electrons. The number of rotatable bonds is 1. The number of hydrogen-bond acceptors (Lipinski definition) is 2. The first-order valence-corrected chi connectivity index (χ1v) is 5.75. The maximum absolute atomic E-state index is 5.64. The van der Waals surface area contributed by atoms with Gasteiger partial charge in [0.25, 0.3) is 4.67 Å². The number of halogens is 1. The smallest absolute Gasteiger partial charge is 0.264 e. The summed E-state index contributed by atoms with van der Waals surface area (Å²) in [6, 6.07) is 12.3. The lowest BCUT2D eigenvalue weighted by Crippen LogP contribution is -3.00. The summed E-state index contributed by atoms with van der Waals surface area (Å²) < 4.78 is 0.888. The molecular weight excluding hydrogens is 222 g/mol. The van der Waals surface area contributed by atoms with Crippen LogP contribution in [0.1, 0.15) is 0 Å². The number of benzene rings is 1. The first kappa shape index (κ1) is 10.4. The fourth-order valence-electron chi connectivity index (χ4n) is 1.00. The van der Waals surface area contributed by atoms with Crippen LogP contribution in [0, 0.1) is 0 Å². The molecule has 1 nitrogen and oxygen atoms in total. The van der Waals surface area contributed by atoms with Crippen LogP contribution in [0.3, 0.4) is 0 Å². The van der Waals surface area contributed by atoms with E-state index in [2.05, 4.69) is 12.1 Å². The Bertz CT molecular complexity index is 418. The highest BCUT2D eigenvalue weighted by molar-refractivity contribution is 7.69. The molecule has 2 N–H and O–H groups in total. The van der Waals surface area contributed by atoms with Crippen molar-refractivity contribution in [3.63, 3.8) is 0 Å². The van der Waals surface area contributed by atoms with E-state index in [0.717, 1.165) is 4.67 Å². The zero-order valence-electron chi connectivity index (χ0n) is 6.74. The fraction of sp³-hybridized carbons (Fsp3) is 0. The molecule has 0 spiro atoms. The van der Waals surface area contributed by atoms with Gasteiger partial charge in [-0.2, -0.15) is 0 Å². The standard InChI is InChI=1S/C9H7NS2.ClH/c10-9-6-8(11-12-9)7-4-2-1-3-5-7;/h1-6,10H;1H. The van der Waals surface area contributed by atoms with E-state index in [1.807, 2.05) is 24.3 Å². The van der Waals surface area contributed by atoms with E-state index < -0.39 is 0 Å². The van der Waals surface area contributed by atoms with Gasteiger partial charge in [-0.25, -0.2) is 5.41 Å². The first-order chi connectivity index (χ1) is 5.86. The molecule has 0 aliphatic carbocycles. The topological polar surface area (TPSA) is 25.6 Å². The fourth-order valence-corrected chi connectivity index (χ4v) is 2.97. The van der Waals surface area contributed by atoms with E-state index in [1.54, 1.807) is 20.7 Å². The van der Waals surface area contributed by atoms with E-state index in [1.165, 1.54) is 10.4 Å². The third-order valence-electron chi connectivity index (χ3n) is 1.56. The third kappa shape index (κ3) is 2.40. The molecule has 1 aromatic heterocycles. The highest BCUT2D eigenvalue weighted by Crippen LogP contribution is 2.23. The SMILES string of the molecule is [Cl-].[NH2+]=c1cc(-c2ccccc2)ss1. The average molecular weight is 230 g/mol. The molecule has 0 unspecified atom stereocenters. The van der Waals surface area contributed by atoms with Gasteiger partial charge in [0.1, 0.15) is 0 Å². The van der Waals surface area contributed by atoms with Crippen LogP contribution in [-0.2, 0) is 0 Å². The Labute approximate surface area is 90.0 Å². The molecule has 0 aliphatic rings. The predicted octanol–water partition coefficient (Wildman–Crippen LogP) is -1.86. The summed E-state index contributed by atoms with van der Waals surface area (Å²) in [5.74, 6) is 0. The minimum absolute atomic E-state index is 0. The van der Waals surface area contributed by atoms with Gasteiger partial charge >= 0.3 is 0 Å². The molecule has 0 saturated heterocycles. The van der Waals surface area contributed by atoms with Crippen molar-refractivity contribution < 1.29 is 17.8 Å². The summed E-state index contributed by atoms with van der Waals surface area (Å²) in [4.78, 5) is 1.25. The van der Waals surface area contributed by atoms with Crippen molar-refractivity contribution in [3.8, 4) is 10.4 Å². The second-order valence-electron chi connectivity index (χ2n) is 2.44. The minimum Gasteiger partial charge on any atom is -1.00 e. The molecule has 2 aromatic rings. The summed E-state index contributed by atoms with van der Waals surface area (Å²) in [7, 11) is 3.34. The van der Waals surface area contributed by atoms with E-state index in [0.29, 0.717) is 0 Å². The van der Waals surface area contributed by atoms with Gasteiger partial charge in [0.2, 0.25) is 0 Å². The van der Waals surface area contributed by atoms with Gasteiger partial charge in [-0.3, -0.25) is 0 Å². The minimum atomic E-state index is 0. The van der Waals surface area contributed by atoms with Crippen LogP contribution in [0.25, 0.3) is 10.4 Å². The van der Waals surface area contributed by atoms with E-state index in [9.17, 15) is 0 Å². The summed E-state index contributed by atoms with van der Waals surface area (Å²) in [6.45, 7) is 0. The van der Waals surface area contributed by atoms with E-state index in [4.69, 9.17) is 5.41 Å². The Morgan fingerprint density at radius 2 is 1.69 bits per heavy atom. The quantitative estimate of drug-likeness (QED) is 0.556. The molecule has 0 atom stereocenters. The molecule has 0 bridgehead atoms. The molecule has 4 heteroatoms. The van der Waals surface area contributed by atoms with Gasteiger partial charge in [-0.05, 0) is 15.9 Å². The van der Waals surface area contributed by atoms with Gasteiger partial charge < -0.3 is 12.4 Å². The summed E-state index contributed by atoms with van der Waals surface area (Å²) >= 11 is 0. The lowest BCUT2D eigenvalue weighted by molar-refractivity contribution is -0.166. The third-order valence-corrected chi connectivity index (χ3v) is 3.85. The Kier molecular flexibility index (Phi) is 3.66. The predicted molar refractivity (Wildman–Crippen MR) is 52.7 cm³/mol. The molecule has 0 amide bonds. The second-order valence-corrected chi connectivity index (χ2v) is 4.69. The molecule has 2 rings (SSSR count). The van der Waals surface area contributed by atoms with Crippen LogP contribution in [0.15, 0.2) is 36.4 Å². The van der Waals surface area contributed by atoms with Crippen LogP contribution in [0.2, 0.25) is 0 Å². The molecule has 0 radical (unpaired) electrons. The van der Waals surface area contributed by atoms with Crippen molar-refractivity contribution in [2.75, 3.05) is 0 Å². The van der Waals surface area contributed by atoms with Crippen molar-refractivity contribution in [3.05, 3.63) is 41.1 Å². The Morgan fingerprint density at radius 3 is 2.23 bits per heavy atom. The Morgan fingerprint density at radius 1 is 1.00 bits per heavy atom. The zero-order valence-corrected chi connectivity index (χ0v) is 9.12. The summed E-state index contributed by atoms with van der Waals surface area (Å²) in [6.07, 6.45) is 0. The Hall–Kier alpha value is -0.640. The highest BCUT2D eigenvalue weighted by atomic mass is 35.5. The van der Waals surface area contributed by atoms with Crippen molar-refractivity contribution in [2.45, 2.75) is 0 Å². The molecule has 1 heterocycles. The largest absolute Gasteiger partial charge is 1.00 e. The normalized spacial score (nSPS) is 9.23. The molecule has 0 fully saturated rings. The van der Waals surface area contributed by atoms with Gasteiger partial charge in [0, 0.05) is 6.07 Å². The first-order valence-electron chi connectivity index (χ1n) is 3.60. The van der Waals surface area contributed by atoms with Crippen LogP contribution in [0.5, 0.6) is 0 Å². The maximum atomic E-state index is 5.64. The van der Waals surface area contributed by atoms with Gasteiger partial charge in [-0.15, -0.1) is 0 Å². The lowest BCUT2D eigenvalue weighted by atomic mass is 10.2. The number of nitrogens with two attached hydrogens (primary N) is 1. The molecule has 0 saturated carbocycles. The van der Waals surface area contributed by atoms with E-state index >= 15 is 0 Å². The van der Waals surface area contributed by atoms with Crippen LogP contribution in [0.4, 0.5) is 0 Å². The second kappa shape index (κ2) is 4.56. The van der Waals surface area contributed by atoms with Crippen LogP contribution < -0.4 is 22.5 Å². The lowest BCUT2D eigenvalue weighted by Gasteiger charge is -1.91. The maximum Gasteiger partial charge on any atom is 0.264 e. The molecule has 13 heavy (non-hydrogen) atoms. The van der Waals surface area contributed by atoms with Crippen LogP contribution in [-0.4, -0.2) is 0 Å². The molecular formula is C9H8ClNS2. The molecule has 1 aromatic carbocycles. The van der Waals surface area contributed by atoms with Gasteiger partial charge in [0.15, 0.2) is 0 Å². The van der Waals surface area contributed by atoms with Crippen molar-refractivity contribution in [1.29, 1.82) is 0 Å². The van der Waals surface area contributed by atoms with Crippen molar-refractivity contribution in [1.82, 2.24) is 0 Å². The zero-order chi connectivity index (χ0) is 8.39. The highest BCUT2D eigenvalue weighted by Gasteiger charge is 1.99. The monoisotopic (exact) mass is 229 g/mol. The van der Waals surface area contributed by atoms with Crippen molar-refractivity contribution in [2.24, 2.45) is 0 Å². The van der Waals surface area contributed by atoms with Gasteiger partial charge in [0.05, 0.1) is 4.88 Å². The van der Waals surface area contributed by atoms with Gasteiger partial charge in [-0.1, -0.05) is 40.7 Å². The summed E-state index contributed by atoms with van der Waals surface area (Å²) in [5, 5.41) is 5.64. The van der Waals surface area contributed by atoms with E-state index in [-0.39, 0.29) is 12.4 Å². The average Bonchev–Trinajstić information content (AvgIpc) is 2.54. The number of hydrogen-bond donors (Lipinski definition) is 1. The van der Waals surface area contributed by atoms with Crippen LogP contribution >= 0.6 is 20.7 Å². The summed E-state index contributed by atoms with van der Waals surface area (Å²) in [5.41, 5.74) is 1.25. The Balaban J connectivity index is 0.000000845. The molecule has 0 aliphatic heterocycles. The van der Waals surface area contributed by atoms with Crippen molar-refractivity contribution >= 4 is 20.7 Å².